The van der Waals surface area contributed by atoms with E-state index in [4.69, 9.17) is 14.6 Å². The van der Waals surface area contributed by atoms with E-state index >= 15 is 0 Å². The standard InChI is InChI=1S/C24H14F7N5O4S/c25-19(26)11-7-12(20(27)28)36(35-11)8-9-3-4-14(40-9)22(38)34-17-16-10(13-2-1-5-39-13)6-15(24(29,30)31)33-23(16)41-18(17)21(32)37/h1-7,19-20H,8H2,(H2,32,37)(H,34,38). The van der Waals surface area contributed by atoms with Gasteiger partial charge in [0.15, 0.2) is 5.76 Å². The molecule has 3 N–H and O–H groups in total. The number of nitrogens with zero attached hydrogens (tertiary/aromatic N) is 3. The van der Waals surface area contributed by atoms with Gasteiger partial charge >= 0.3 is 6.18 Å². The van der Waals surface area contributed by atoms with Crippen LogP contribution in [0, 0.1) is 0 Å². The Morgan fingerprint density at radius 1 is 1.10 bits per heavy atom. The highest BCUT2D eigenvalue weighted by molar-refractivity contribution is 7.21. The van der Waals surface area contributed by atoms with E-state index < -0.39 is 60.2 Å². The number of carbonyl (C=O) groups is 2. The van der Waals surface area contributed by atoms with Gasteiger partial charge in [0.1, 0.15) is 38.3 Å². The lowest BCUT2D eigenvalue weighted by molar-refractivity contribution is -0.140. The number of carbonyl (C=O) groups excluding carboxylic acids is 2. The number of fused-ring (bicyclic) bond motifs is 1. The molecule has 9 nitrogen and oxygen atoms in total. The van der Waals surface area contributed by atoms with Crippen molar-refractivity contribution in [1.82, 2.24) is 14.8 Å². The summed E-state index contributed by atoms with van der Waals surface area (Å²) in [5.41, 5.74) is 2.09. The number of hydrogen-bond donors (Lipinski definition) is 2. The van der Waals surface area contributed by atoms with Crippen LogP contribution in [-0.2, 0) is 12.7 Å². The summed E-state index contributed by atoms with van der Waals surface area (Å²) in [7, 11) is 0. The Hall–Kier alpha value is -4.67. The molecule has 5 aromatic rings. The van der Waals surface area contributed by atoms with Crippen LogP contribution in [-0.4, -0.2) is 26.6 Å². The number of nitrogens with one attached hydrogen (secondary N) is 1. The van der Waals surface area contributed by atoms with Gasteiger partial charge in [0.2, 0.25) is 0 Å². The molecule has 0 saturated heterocycles. The number of amides is 2. The zero-order chi connectivity index (χ0) is 29.6. The summed E-state index contributed by atoms with van der Waals surface area (Å²) >= 11 is 0.510. The van der Waals surface area contributed by atoms with Crippen molar-refractivity contribution in [3.05, 3.63) is 76.1 Å². The summed E-state index contributed by atoms with van der Waals surface area (Å²) in [5.74, 6) is -2.61. The number of anilines is 1. The third kappa shape index (κ3) is 5.39. The Labute approximate surface area is 227 Å². The van der Waals surface area contributed by atoms with Crippen molar-refractivity contribution in [2.75, 3.05) is 5.32 Å². The van der Waals surface area contributed by atoms with Crippen LogP contribution in [0.2, 0.25) is 0 Å². The third-order valence-corrected chi connectivity index (χ3v) is 6.77. The number of primary amides is 1. The van der Waals surface area contributed by atoms with Gasteiger partial charge in [-0.15, -0.1) is 11.3 Å². The molecule has 5 heterocycles. The molecular formula is C24H14F7N5O4S. The maximum absolute atomic E-state index is 13.6. The first kappa shape index (κ1) is 27.9. The largest absolute Gasteiger partial charge is 0.464 e. The molecule has 0 aliphatic heterocycles. The number of nitrogens with two attached hydrogens (primary N) is 1. The van der Waals surface area contributed by atoms with Gasteiger partial charge in [0, 0.05) is 10.9 Å². The van der Waals surface area contributed by atoms with E-state index in [9.17, 15) is 40.3 Å². The van der Waals surface area contributed by atoms with Crippen LogP contribution in [0.5, 0.6) is 0 Å². The van der Waals surface area contributed by atoms with Crippen LogP contribution in [0.4, 0.5) is 36.4 Å². The first-order valence-corrected chi connectivity index (χ1v) is 12.1. The van der Waals surface area contributed by atoms with Crippen LogP contribution in [0.25, 0.3) is 21.5 Å². The first-order chi connectivity index (χ1) is 19.3. The second-order valence-electron chi connectivity index (χ2n) is 8.35. The highest BCUT2D eigenvalue weighted by Gasteiger charge is 2.35. The molecule has 0 aromatic carbocycles. The number of thiophene rings is 1. The Kier molecular flexibility index (Phi) is 7.06. The number of halogens is 7. The van der Waals surface area contributed by atoms with E-state index in [0.29, 0.717) is 28.2 Å². The number of hydrogen-bond acceptors (Lipinski definition) is 7. The molecule has 214 valence electrons. The molecule has 0 unspecified atom stereocenters. The van der Waals surface area contributed by atoms with Crippen LogP contribution >= 0.6 is 11.3 Å². The molecule has 5 rings (SSSR count). The van der Waals surface area contributed by atoms with Gasteiger partial charge in [-0.1, -0.05) is 0 Å². The zero-order valence-corrected chi connectivity index (χ0v) is 20.8. The van der Waals surface area contributed by atoms with E-state index in [1.54, 1.807) is 0 Å². The topological polar surface area (TPSA) is 129 Å². The maximum atomic E-state index is 13.6. The monoisotopic (exact) mass is 601 g/mol. The quantitative estimate of drug-likeness (QED) is 0.192. The highest BCUT2D eigenvalue weighted by atomic mass is 32.1. The fraction of sp³-hybridized carbons (Fsp3) is 0.167. The maximum Gasteiger partial charge on any atom is 0.433 e. The number of aromatic nitrogens is 3. The van der Waals surface area contributed by atoms with Crippen LogP contribution in [0.1, 0.15) is 55.9 Å². The Morgan fingerprint density at radius 3 is 2.46 bits per heavy atom. The Bertz CT molecular complexity index is 1760. The SMILES string of the molecule is NC(=O)c1sc2nc(C(F)(F)F)cc(-c3ccco3)c2c1NC(=O)c1ccc(Cn2nc(C(F)F)cc2C(F)F)o1. The minimum absolute atomic E-state index is 0.0234. The molecule has 41 heavy (non-hydrogen) atoms. The second kappa shape index (κ2) is 10.4. The summed E-state index contributed by atoms with van der Waals surface area (Å²) in [4.78, 5) is 28.3. The molecule has 0 bridgehead atoms. The zero-order valence-electron chi connectivity index (χ0n) is 20.0. The number of furan rings is 2. The lowest BCUT2D eigenvalue weighted by atomic mass is 10.1. The minimum atomic E-state index is -4.85. The minimum Gasteiger partial charge on any atom is -0.464 e. The number of alkyl halides is 7. The summed E-state index contributed by atoms with van der Waals surface area (Å²) in [6.07, 6.45) is -9.86. The lowest BCUT2D eigenvalue weighted by Gasteiger charge is -2.10. The van der Waals surface area contributed by atoms with Crippen LogP contribution < -0.4 is 11.1 Å². The third-order valence-electron chi connectivity index (χ3n) is 5.67. The average Bonchev–Trinajstić information content (AvgIpc) is 3.69. The van der Waals surface area contributed by atoms with Crippen LogP contribution in [0.3, 0.4) is 0 Å². The van der Waals surface area contributed by atoms with Crippen molar-refractivity contribution in [3.63, 3.8) is 0 Å². The summed E-state index contributed by atoms with van der Waals surface area (Å²) in [6.45, 7) is -0.527. The van der Waals surface area contributed by atoms with Gasteiger partial charge in [-0.3, -0.25) is 14.3 Å². The van der Waals surface area contributed by atoms with E-state index in [-0.39, 0.29) is 37.9 Å². The molecule has 17 heteroatoms. The van der Waals surface area contributed by atoms with Gasteiger partial charge in [-0.25, -0.2) is 22.5 Å². The molecule has 5 aromatic heterocycles. The molecule has 0 aliphatic carbocycles. The van der Waals surface area contributed by atoms with Crippen LogP contribution in [0.15, 0.2) is 51.5 Å². The highest BCUT2D eigenvalue weighted by Crippen LogP contribution is 2.44. The summed E-state index contributed by atoms with van der Waals surface area (Å²) in [6, 6.07) is 6.37. The summed E-state index contributed by atoms with van der Waals surface area (Å²) in [5, 5.41) is 5.77. The van der Waals surface area contributed by atoms with E-state index in [1.807, 2.05) is 0 Å². The van der Waals surface area contributed by atoms with Gasteiger partial charge in [0.25, 0.3) is 24.7 Å². The van der Waals surface area contributed by atoms with Crippen molar-refractivity contribution < 1.29 is 49.2 Å². The Morgan fingerprint density at radius 2 is 1.85 bits per heavy atom. The fourth-order valence-corrected chi connectivity index (χ4v) is 4.94. The number of rotatable bonds is 8. The first-order valence-electron chi connectivity index (χ1n) is 11.3. The predicted octanol–water partition coefficient (Wildman–Crippen LogP) is 6.64. The van der Waals surface area contributed by atoms with Gasteiger partial charge in [0.05, 0.1) is 18.5 Å². The molecular weight excluding hydrogens is 587 g/mol. The van der Waals surface area contributed by atoms with Crippen molar-refractivity contribution in [1.29, 1.82) is 0 Å². The van der Waals surface area contributed by atoms with Gasteiger partial charge in [-0.05, 0) is 36.4 Å². The average molecular weight is 601 g/mol. The molecule has 0 radical (unpaired) electrons. The lowest BCUT2D eigenvalue weighted by Crippen LogP contribution is -2.16. The fourth-order valence-electron chi connectivity index (χ4n) is 3.93. The van der Waals surface area contributed by atoms with Crippen molar-refractivity contribution >= 4 is 39.1 Å². The smallest absolute Gasteiger partial charge is 0.433 e. The predicted molar refractivity (Wildman–Crippen MR) is 129 cm³/mol. The molecule has 0 aliphatic rings. The van der Waals surface area contributed by atoms with Crippen molar-refractivity contribution in [2.45, 2.75) is 25.6 Å². The normalized spacial score (nSPS) is 12.1. The van der Waals surface area contributed by atoms with Gasteiger partial charge < -0.3 is 19.9 Å². The molecule has 0 fully saturated rings. The van der Waals surface area contributed by atoms with Crippen molar-refractivity contribution in [2.24, 2.45) is 5.73 Å². The van der Waals surface area contributed by atoms with E-state index in [0.717, 1.165) is 6.07 Å². The Balaban J connectivity index is 1.52. The van der Waals surface area contributed by atoms with Gasteiger partial charge in [-0.2, -0.15) is 18.3 Å². The van der Waals surface area contributed by atoms with Crippen molar-refractivity contribution in [3.8, 4) is 11.3 Å². The molecule has 2 amide bonds. The molecule has 0 saturated carbocycles. The summed E-state index contributed by atoms with van der Waals surface area (Å²) < 4.78 is 104. The molecule has 0 spiro atoms. The number of pyridine rings is 1. The molecule has 0 atom stereocenters. The van der Waals surface area contributed by atoms with E-state index in [1.165, 1.54) is 24.5 Å². The second-order valence-corrected chi connectivity index (χ2v) is 9.35. The van der Waals surface area contributed by atoms with E-state index in [2.05, 4.69) is 15.4 Å².